The first kappa shape index (κ1) is 14.8. The standard InChI is InChI=1S/C13H16N2O4/c1-5-6-14-12(17)11(16)9-7(2)10(13(18)19)15(4)8(9)3/h1,11,16H,6H2,2-4H3,(H,14,17)(H,18,19). The average Bonchev–Trinajstić information content (AvgIpc) is 2.56. The molecule has 1 aromatic rings. The van der Waals surface area contributed by atoms with Crippen LogP contribution < -0.4 is 5.32 Å². The molecule has 0 aliphatic heterocycles. The molecule has 0 aliphatic carbocycles. The van der Waals surface area contributed by atoms with Crippen molar-refractivity contribution in [2.24, 2.45) is 7.05 Å². The summed E-state index contributed by atoms with van der Waals surface area (Å²) in [6.07, 6.45) is 3.58. The van der Waals surface area contributed by atoms with Gasteiger partial charge < -0.3 is 20.1 Å². The van der Waals surface area contributed by atoms with Gasteiger partial charge in [-0.15, -0.1) is 6.42 Å². The monoisotopic (exact) mass is 264 g/mol. The third-order valence-electron chi connectivity index (χ3n) is 3.08. The van der Waals surface area contributed by atoms with Crippen molar-refractivity contribution < 1.29 is 19.8 Å². The Morgan fingerprint density at radius 3 is 2.47 bits per heavy atom. The summed E-state index contributed by atoms with van der Waals surface area (Å²) in [6.45, 7) is 3.21. The number of aliphatic hydroxyl groups is 1. The van der Waals surface area contributed by atoms with Crippen LogP contribution in [0.3, 0.4) is 0 Å². The number of aromatic nitrogens is 1. The zero-order chi connectivity index (χ0) is 14.7. The minimum Gasteiger partial charge on any atom is -0.477 e. The third kappa shape index (κ3) is 2.61. The number of nitrogens with zero attached hydrogens (tertiary/aromatic N) is 1. The zero-order valence-electron chi connectivity index (χ0n) is 11.0. The van der Waals surface area contributed by atoms with Gasteiger partial charge in [-0.3, -0.25) is 4.79 Å². The van der Waals surface area contributed by atoms with Crippen molar-refractivity contribution in [3.05, 3.63) is 22.5 Å². The second-order valence-electron chi connectivity index (χ2n) is 4.16. The summed E-state index contributed by atoms with van der Waals surface area (Å²) in [6, 6.07) is 0. The molecule has 6 heteroatoms. The number of aromatic carboxylic acids is 1. The molecule has 0 saturated carbocycles. The van der Waals surface area contributed by atoms with Crippen molar-refractivity contribution >= 4 is 11.9 Å². The number of carbonyl (C=O) groups excluding carboxylic acids is 1. The topological polar surface area (TPSA) is 91.6 Å². The largest absolute Gasteiger partial charge is 0.477 e. The number of carboxylic acid groups (broad SMARTS) is 1. The lowest BCUT2D eigenvalue weighted by molar-refractivity contribution is -0.129. The number of carbonyl (C=O) groups is 2. The lowest BCUT2D eigenvalue weighted by Crippen LogP contribution is -2.30. The number of nitrogens with one attached hydrogen (secondary N) is 1. The molecule has 1 aromatic heterocycles. The maximum Gasteiger partial charge on any atom is 0.352 e. The number of rotatable bonds is 4. The molecule has 0 bridgehead atoms. The first-order chi connectivity index (χ1) is 8.82. The van der Waals surface area contributed by atoms with Crippen molar-refractivity contribution in [1.29, 1.82) is 0 Å². The van der Waals surface area contributed by atoms with Gasteiger partial charge in [0.2, 0.25) is 0 Å². The molecule has 1 atom stereocenters. The van der Waals surface area contributed by atoms with Crippen molar-refractivity contribution in [3.63, 3.8) is 0 Å². The van der Waals surface area contributed by atoms with E-state index in [0.717, 1.165) is 0 Å². The van der Waals surface area contributed by atoms with E-state index in [1.54, 1.807) is 20.9 Å². The van der Waals surface area contributed by atoms with E-state index in [1.165, 1.54) is 4.57 Å². The van der Waals surface area contributed by atoms with Crippen molar-refractivity contribution in [1.82, 2.24) is 9.88 Å². The van der Waals surface area contributed by atoms with E-state index >= 15 is 0 Å². The first-order valence-corrected chi connectivity index (χ1v) is 5.61. The Labute approximate surface area is 111 Å². The lowest BCUT2D eigenvalue weighted by atomic mass is 10.0. The van der Waals surface area contributed by atoms with E-state index < -0.39 is 18.0 Å². The van der Waals surface area contributed by atoms with Crippen LogP contribution in [0, 0.1) is 26.2 Å². The summed E-state index contributed by atoms with van der Waals surface area (Å²) in [4.78, 5) is 22.8. The number of hydrogen-bond acceptors (Lipinski definition) is 3. The van der Waals surface area contributed by atoms with E-state index in [2.05, 4.69) is 11.2 Å². The summed E-state index contributed by atoms with van der Waals surface area (Å²) in [5.74, 6) is 0.474. The molecule has 19 heavy (non-hydrogen) atoms. The fraction of sp³-hybridized carbons (Fsp3) is 0.385. The average molecular weight is 264 g/mol. The van der Waals surface area contributed by atoms with Crippen LogP contribution in [0.1, 0.15) is 33.4 Å². The molecular formula is C13H16N2O4. The van der Waals surface area contributed by atoms with Crippen molar-refractivity contribution in [2.45, 2.75) is 20.0 Å². The summed E-state index contributed by atoms with van der Waals surface area (Å²) < 4.78 is 1.44. The van der Waals surface area contributed by atoms with Crippen LogP contribution in [0.25, 0.3) is 0 Å². The highest BCUT2D eigenvalue weighted by molar-refractivity contribution is 5.90. The quantitative estimate of drug-likeness (QED) is 0.674. The van der Waals surface area contributed by atoms with Crippen LogP contribution >= 0.6 is 0 Å². The summed E-state index contributed by atoms with van der Waals surface area (Å²) >= 11 is 0. The summed E-state index contributed by atoms with van der Waals surface area (Å²) in [5.41, 5.74) is 1.25. The first-order valence-electron chi connectivity index (χ1n) is 5.61. The van der Waals surface area contributed by atoms with Gasteiger partial charge in [0.05, 0.1) is 6.54 Å². The highest BCUT2D eigenvalue weighted by Crippen LogP contribution is 2.27. The zero-order valence-corrected chi connectivity index (χ0v) is 11.0. The molecule has 102 valence electrons. The predicted octanol–water partition coefficient (Wildman–Crippen LogP) is 0.123. The van der Waals surface area contributed by atoms with Gasteiger partial charge in [0.15, 0.2) is 6.10 Å². The molecular weight excluding hydrogens is 248 g/mol. The maximum atomic E-state index is 11.7. The molecule has 3 N–H and O–H groups in total. The fourth-order valence-corrected chi connectivity index (χ4v) is 2.07. The summed E-state index contributed by atoms with van der Waals surface area (Å²) in [5, 5.41) is 21.5. The van der Waals surface area contributed by atoms with Crippen LogP contribution in [0.4, 0.5) is 0 Å². The van der Waals surface area contributed by atoms with E-state index in [0.29, 0.717) is 16.8 Å². The molecule has 0 radical (unpaired) electrons. The Morgan fingerprint density at radius 2 is 2.05 bits per heavy atom. The number of carboxylic acids is 1. The van der Waals surface area contributed by atoms with Gasteiger partial charge in [0.25, 0.3) is 5.91 Å². The Morgan fingerprint density at radius 1 is 1.47 bits per heavy atom. The Hall–Kier alpha value is -2.26. The molecule has 1 heterocycles. The minimum absolute atomic E-state index is 0.00656. The van der Waals surface area contributed by atoms with Crippen LogP contribution in [0.5, 0.6) is 0 Å². The molecule has 1 unspecified atom stereocenters. The van der Waals surface area contributed by atoms with E-state index in [-0.39, 0.29) is 12.2 Å². The van der Waals surface area contributed by atoms with Crippen LogP contribution in [0.2, 0.25) is 0 Å². The number of aliphatic hydroxyl groups excluding tert-OH is 1. The lowest BCUT2D eigenvalue weighted by Gasteiger charge is -2.11. The minimum atomic E-state index is -1.44. The van der Waals surface area contributed by atoms with Gasteiger partial charge in [-0.05, 0) is 19.4 Å². The van der Waals surface area contributed by atoms with Gasteiger partial charge in [-0.25, -0.2) is 4.79 Å². The van der Waals surface area contributed by atoms with Gasteiger partial charge in [-0.2, -0.15) is 0 Å². The van der Waals surface area contributed by atoms with E-state index in [9.17, 15) is 14.7 Å². The molecule has 0 saturated heterocycles. The Kier molecular flexibility index (Phi) is 4.35. The van der Waals surface area contributed by atoms with Crippen LogP contribution in [0.15, 0.2) is 0 Å². The predicted molar refractivity (Wildman–Crippen MR) is 68.6 cm³/mol. The van der Waals surface area contributed by atoms with E-state index in [1.807, 2.05) is 0 Å². The molecule has 1 rings (SSSR count). The van der Waals surface area contributed by atoms with Crippen LogP contribution in [-0.2, 0) is 11.8 Å². The maximum absolute atomic E-state index is 11.7. The van der Waals surface area contributed by atoms with Gasteiger partial charge in [0.1, 0.15) is 5.69 Å². The Bertz CT molecular complexity index is 566. The number of hydrogen-bond donors (Lipinski definition) is 3. The fourth-order valence-electron chi connectivity index (χ4n) is 2.07. The summed E-state index contributed by atoms with van der Waals surface area (Å²) in [7, 11) is 1.57. The molecule has 1 amide bonds. The highest BCUT2D eigenvalue weighted by atomic mass is 16.4. The molecule has 0 aromatic carbocycles. The van der Waals surface area contributed by atoms with Gasteiger partial charge >= 0.3 is 5.97 Å². The van der Waals surface area contributed by atoms with Crippen molar-refractivity contribution in [2.75, 3.05) is 6.54 Å². The SMILES string of the molecule is C#CCNC(=O)C(O)c1c(C)c(C(=O)O)n(C)c1C. The number of terminal acetylenes is 1. The molecule has 6 nitrogen and oxygen atoms in total. The molecule has 0 spiro atoms. The second kappa shape index (κ2) is 5.59. The normalized spacial score (nSPS) is 11.7. The van der Waals surface area contributed by atoms with Crippen molar-refractivity contribution in [3.8, 4) is 12.3 Å². The van der Waals surface area contributed by atoms with Gasteiger partial charge in [0, 0.05) is 18.3 Å². The van der Waals surface area contributed by atoms with E-state index in [4.69, 9.17) is 11.5 Å². The highest BCUT2D eigenvalue weighted by Gasteiger charge is 2.28. The third-order valence-corrected chi connectivity index (χ3v) is 3.08. The van der Waals surface area contributed by atoms with Crippen LogP contribution in [-0.4, -0.2) is 33.2 Å². The molecule has 0 fully saturated rings. The van der Waals surface area contributed by atoms with Gasteiger partial charge in [-0.1, -0.05) is 5.92 Å². The Balaban J connectivity index is 3.22. The molecule has 0 aliphatic rings. The second-order valence-corrected chi connectivity index (χ2v) is 4.16. The smallest absolute Gasteiger partial charge is 0.352 e. The number of amides is 1.